The average Bonchev–Trinajstić information content (AvgIpc) is 3.36. The summed E-state index contributed by atoms with van der Waals surface area (Å²) >= 11 is 1.22. The lowest BCUT2D eigenvalue weighted by Crippen LogP contribution is -2.14. The van der Waals surface area contributed by atoms with E-state index in [4.69, 9.17) is 14.4 Å². The number of ether oxygens (including phenoxy) is 1. The molecule has 4 rings (SSSR count). The van der Waals surface area contributed by atoms with Crippen LogP contribution in [0.1, 0.15) is 21.6 Å². The van der Waals surface area contributed by atoms with Gasteiger partial charge in [0.05, 0.1) is 22.9 Å². The largest absolute Gasteiger partial charge is 0.455 e. The molecule has 8 heteroatoms. The third kappa shape index (κ3) is 5.91. The van der Waals surface area contributed by atoms with E-state index >= 15 is 0 Å². The summed E-state index contributed by atoms with van der Waals surface area (Å²) in [4.78, 5) is 30.0. The molecule has 1 N–H and O–H groups in total. The topological polar surface area (TPSA) is 105 Å². The van der Waals surface area contributed by atoms with E-state index in [1.54, 1.807) is 48.5 Å². The van der Waals surface area contributed by atoms with E-state index in [0.29, 0.717) is 33.3 Å². The van der Waals surface area contributed by atoms with Gasteiger partial charge in [-0.05, 0) is 42.5 Å². The van der Waals surface area contributed by atoms with Crippen LogP contribution in [0.4, 0.5) is 5.69 Å². The van der Waals surface area contributed by atoms with Crippen molar-refractivity contribution >= 4 is 29.3 Å². The van der Waals surface area contributed by atoms with Crippen molar-refractivity contribution in [2.75, 3.05) is 11.1 Å². The second-order valence-corrected chi connectivity index (χ2v) is 8.13. The van der Waals surface area contributed by atoms with E-state index in [9.17, 15) is 9.59 Å². The number of benzene rings is 3. The van der Waals surface area contributed by atoms with Gasteiger partial charge >= 0.3 is 5.97 Å². The summed E-state index contributed by atoms with van der Waals surface area (Å²) < 4.78 is 10.9. The Kier molecular flexibility index (Phi) is 7.38. The Hall–Kier alpha value is -4.35. The molecule has 34 heavy (non-hydrogen) atoms. The number of nitrogens with one attached hydrogen (secondary N) is 1. The maximum Gasteiger partial charge on any atom is 0.339 e. The highest BCUT2D eigenvalue weighted by Gasteiger charge is 2.16. The van der Waals surface area contributed by atoms with Crippen LogP contribution < -0.4 is 5.32 Å². The van der Waals surface area contributed by atoms with Gasteiger partial charge in [0.25, 0.3) is 0 Å². The fraction of sp³-hybridized carbons (Fsp3) is 0.0769. The first kappa shape index (κ1) is 22.8. The monoisotopic (exact) mass is 469 g/mol. The van der Waals surface area contributed by atoms with Crippen LogP contribution in [0.15, 0.2) is 94.4 Å². The number of carbonyl (C=O) groups is 2. The predicted octanol–water partition coefficient (Wildman–Crippen LogP) is 5.30. The molecule has 3 aromatic carbocycles. The van der Waals surface area contributed by atoms with Gasteiger partial charge in [-0.3, -0.25) is 4.79 Å². The Morgan fingerprint density at radius 3 is 2.65 bits per heavy atom. The summed E-state index contributed by atoms with van der Waals surface area (Å²) in [6.07, 6.45) is 1.46. The lowest BCUT2D eigenvalue weighted by molar-refractivity contribution is -0.113. The summed E-state index contributed by atoms with van der Waals surface area (Å²) in [7, 11) is 0. The number of esters is 1. The number of hydrogen-bond donors (Lipinski definition) is 1. The summed E-state index contributed by atoms with van der Waals surface area (Å²) in [5, 5.41) is 11.7. The fourth-order valence-corrected chi connectivity index (χ4v) is 3.91. The molecule has 0 spiro atoms. The number of nitrogens with zero attached hydrogens (tertiary/aromatic N) is 2. The zero-order valence-corrected chi connectivity index (χ0v) is 18.7. The number of oxazole rings is 1. The second-order valence-electron chi connectivity index (χ2n) is 7.11. The molecule has 0 aliphatic rings. The van der Waals surface area contributed by atoms with Crippen LogP contribution in [0.5, 0.6) is 0 Å². The number of aromatic nitrogens is 1. The number of thioether (sulfide) groups is 1. The molecule has 0 unspecified atom stereocenters. The van der Waals surface area contributed by atoms with Crippen LogP contribution in [0.2, 0.25) is 0 Å². The first-order valence-electron chi connectivity index (χ1n) is 10.3. The van der Waals surface area contributed by atoms with Gasteiger partial charge in [0, 0.05) is 16.1 Å². The van der Waals surface area contributed by atoms with E-state index in [1.165, 1.54) is 18.0 Å². The Balaban J connectivity index is 1.34. The van der Waals surface area contributed by atoms with Crippen molar-refractivity contribution in [3.8, 4) is 17.5 Å². The van der Waals surface area contributed by atoms with Crippen LogP contribution in [0, 0.1) is 11.3 Å². The minimum atomic E-state index is -0.519. The normalized spacial score (nSPS) is 10.3. The standard InChI is InChI=1S/C26H19N3O4S/c27-14-18-7-6-10-20(13-18)28-24(30)17-34-23-12-5-4-11-22(23)26(31)33-16-21-15-32-25(29-21)19-8-2-1-3-9-19/h1-13,15H,16-17H2,(H,28,30). The zero-order valence-electron chi connectivity index (χ0n) is 17.9. The molecule has 0 aliphatic carbocycles. The van der Waals surface area contributed by atoms with E-state index in [2.05, 4.69) is 10.3 Å². The van der Waals surface area contributed by atoms with Gasteiger partial charge < -0.3 is 14.5 Å². The van der Waals surface area contributed by atoms with Crippen molar-refractivity contribution in [1.82, 2.24) is 4.98 Å². The minimum absolute atomic E-state index is 0.0378. The molecule has 0 radical (unpaired) electrons. The highest BCUT2D eigenvalue weighted by Crippen LogP contribution is 2.24. The van der Waals surface area contributed by atoms with Crippen LogP contribution in [-0.4, -0.2) is 22.6 Å². The van der Waals surface area contributed by atoms with Crippen LogP contribution in [0.3, 0.4) is 0 Å². The number of hydrogen-bond acceptors (Lipinski definition) is 7. The predicted molar refractivity (Wildman–Crippen MR) is 128 cm³/mol. The highest BCUT2D eigenvalue weighted by molar-refractivity contribution is 8.00. The Labute approximate surface area is 200 Å². The number of carbonyl (C=O) groups excluding carboxylic acids is 2. The second kappa shape index (κ2) is 11.0. The van der Waals surface area contributed by atoms with Crippen molar-refractivity contribution in [3.05, 3.63) is 102 Å². The van der Waals surface area contributed by atoms with Gasteiger partial charge in [-0.15, -0.1) is 11.8 Å². The molecule has 0 saturated heterocycles. The van der Waals surface area contributed by atoms with Gasteiger partial charge in [0.1, 0.15) is 18.6 Å². The van der Waals surface area contributed by atoms with E-state index in [1.807, 2.05) is 36.4 Å². The van der Waals surface area contributed by atoms with Gasteiger partial charge in [0.15, 0.2) is 0 Å². The summed E-state index contributed by atoms with van der Waals surface area (Å²) in [5.74, 6) is -0.229. The van der Waals surface area contributed by atoms with Gasteiger partial charge in [-0.2, -0.15) is 5.26 Å². The third-order valence-electron chi connectivity index (χ3n) is 4.66. The smallest absolute Gasteiger partial charge is 0.339 e. The van der Waals surface area contributed by atoms with Crippen LogP contribution in [0.25, 0.3) is 11.5 Å². The molecule has 1 heterocycles. The van der Waals surface area contributed by atoms with E-state index in [-0.39, 0.29) is 18.3 Å². The molecule has 0 fully saturated rings. The van der Waals surface area contributed by atoms with Crippen molar-refractivity contribution < 1.29 is 18.7 Å². The molecule has 1 amide bonds. The van der Waals surface area contributed by atoms with E-state index < -0.39 is 5.97 Å². The van der Waals surface area contributed by atoms with Gasteiger partial charge in [-0.1, -0.05) is 36.4 Å². The average molecular weight is 470 g/mol. The summed E-state index contributed by atoms with van der Waals surface area (Å²) in [5.41, 5.74) is 2.69. The number of amides is 1. The van der Waals surface area contributed by atoms with E-state index in [0.717, 1.165) is 5.56 Å². The van der Waals surface area contributed by atoms with Crippen LogP contribution in [-0.2, 0) is 16.1 Å². The third-order valence-corrected chi connectivity index (χ3v) is 5.74. The molecule has 168 valence electrons. The molecule has 0 bridgehead atoms. The van der Waals surface area contributed by atoms with Crippen LogP contribution >= 0.6 is 11.8 Å². The van der Waals surface area contributed by atoms with Crippen molar-refractivity contribution in [2.45, 2.75) is 11.5 Å². The van der Waals surface area contributed by atoms with Crippen molar-refractivity contribution in [2.24, 2.45) is 0 Å². The lowest BCUT2D eigenvalue weighted by atomic mass is 10.2. The Morgan fingerprint density at radius 2 is 1.82 bits per heavy atom. The Bertz CT molecular complexity index is 1350. The zero-order chi connectivity index (χ0) is 23.8. The SMILES string of the molecule is N#Cc1cccc(NC(=O)CSc2ccccc2C(=O)OCc2coc(-c3ccccc3)n2)c1. The Morgan fingerprint density at radius 1 is 1.03 bits per heavy atom. The maximum absolute atomic E-state index is 12.7. The first-order chi connectivity index (χ1) is 16.6. The molecule has 0 saturated carbocycles. The molecular formula is C26H19N3O4S. The fourth-order valence-electron chi connectivity index (χ4n) is 3.07. The molecule has 0 aliphatic heterocycles. The summed E-state index contributed by atoms with van der Waals surface area (Å²) in [6, 6.07) is 25.1. The maximum atomic E-state index is 12.7. The van der Waals surface area contributed by atoms with Gasteiger partial charge in [-0.25, -0.2) is 9.78 Å². The quantitative estimate of drug-likeness (QED) is 0.276. The molecule has 7 nitrogen and oxygen atoms in total. The first-order valence-corrected chi connectivity index (χ1v) is 11.3. The highest BCUT2D eigenvalue weighted by atomic mass is 32.2. The summed E-state index contributed by atoms with van der Waals surface area (Å²) in [6.45, 7) is -0.0378. The molecule has 1 aromatic heterocycles. The molecule has 4 aromatic rings. The number of anilines is 1. The minimum Gasteiger partial charge on any atom is -0.455 e. The molecule has 0 atom stereocenters. The van der Waals surface area contributed by atoms with Crippen molar-refractivity contribution in [3.63, 3.8) is 0 Å². The number of rotatable bonds is 8. The number of nitriles is 1. The molecular weight excluding hydrogens is 450 g/mol. The lowest BCUT2D eigenvalue weighted by Gasteiger charge is -2.09. The van der Waals surface area contributed by atoms with Gasteiger partial charge in [0.2, 0.25) is 11.8 Å². The van der Waals surface area contributed by atoms with Crippen molar-refractivity contribution in [1.29, 1.82) is 5.26 Å².